The molecule has 1 unspecified atom stereocenters. The van der Waals surface area contributed by atoms with Gasteiger partial charge in [0.2, 0.25) is 5.91 Å². The van der Waals surface area contributed by atoms with Crippen molar-refractivity contribution >= 4 is 41.0 Å². The lowest BCUT2D eigenvalue weighted by atomic mass is 9.86. The Bertz CT molecular complexity index is 1090. The van der Waals surface area contributed by atoms with Crippen molar-refractivity contribution in [1.29, 1.82) is 0 Å². The molecule has 1 amide bonds. The van der Waals surface area contributed by atoms with Gasteiger partial charge in [-0.3, -0.25) is 4.79 Å². The van der Waals surface area contributed by atoms with E-state index in [-0.39, 0.29) is 22.2 Å². The maximum Gasteiger partial charge on any atom is 0.503 e. The second-order valence-electron chi connectivity index (χ2n) is 7.75. The van der Waals surface area contributed by atoms with Crippen LogP contribution in [0, 0.1) is 11.8 Å². The van der Waals surface area contributed by atoms with Crippen LogP contribution in [0.4, 0.5) is 23.7 Å². The third-order valence-corrected chi connectivity index (χ3v) is 5.86. The number of rotatable bonds is 7. The van der Waals surface area contributed by atoms with Gasteiger partial charge in [0.15, 0.2) is 0 Å². The first kappa shape index (κ1) is 23.3. The molecule has 0 saturated heterocycles. The average molecular weight is 525 g/mol. The summed E-state index contributed by atoms with van der Waals surface area (Å²) in [6.07, 6.45) is -5.64. The Labute approximate surface area is 208 Å². The number of amides is 1. The molecular weight excluding hydrogens is 498 g/mol. The van der Waals surface area contributed by atoms with E-state index in [4.69, 9.17) is 47.1 Å². The van der Waals surface area contributed by atoms with Crippen LogP contribution in [0.1, 0.15) is 47.0 Å². The number of nitrogens with one attached hydrogen (secondary N) is 1. The Balaban J connectivity index is 0.00000112. The van der Waals surface area contributed by atoms with E-state index in [1.165, 1.54) is 36.4 Å². The predicted molar refractivity (Wildman–Crippen MR) is 123 cm³/mol. The molecule has 0 bridgehead atoms. The van der Waals surface area contributed by atoms with Gasteiger partial charge in [-0.15, -0.1) is 0 Å². The number of anilines is 1. The van der Waals surface area contributed by atoms with Crippen LogP contribution in [0.25, 0.3) is 0 Å². The number of carbonyl (C=O) groups excluding carboxylic acids is 1. The molecule has 0 radical (unpaired) electrons. The van der Waals surface area contributed by atoms with Crippen molar-refractivity contribution in [3.8, 4) is 0 Å². The Morgan fingerprint density at radius 2 is 1.68 bits per heavy atom. The molecule has 0 spiro atoms. The molecule has 0 heterocycles. The number of ether oxygens (including phenoxy) is 1. The number of carbonyl (C=O) groups is 2. The molecule has 3 N–H and O–H groups in total. The van der Waals surface area contributed by atoms with E-state index in [9.17, 15) is 18.0 Å². The number of benzene rings is 2. The maximum atomic E-state index is 13.6. The molecule has 1 fully saturated rings. The summed E-state index contributed by atoms with van der Waals surface area (Å²) in [6, 6.07) is 10.1. The van der Waals surface area contributed by atoms with Crippen LogP contribution in [0.5, 0.6) is 0 Å². The average Bonchev–Trinajstić information content (AvgIpc) is 3.59. The minimum absolute atomic E-state index is 0.00206. The minimum Gasteiger partial charge on any atom is -0.450 e. The lowest BCUT2D eigenvalue weighted by molar-refractivity contribution is -0.178. The van der Waals surface area contributed by atoms with Crippen molar-refractivity contribution < 1.29 is 41.8 Å². The number of hydrogen-bond acceptors (Lipinski definition) is 3. The summed E-state index contributed by atoms with van der Waals surface area (Å²) in [5.74, 6) is -4.44. The second kappa shape index (κ2) is 11.8. The fourth-order valence-electron chi connectivity index (χ4n) is 3.39. The SMILES string of the molecule is O=C(O)O.[2H]C([2H])([2H])OC(c1ccc(Cl)c(NC(=O)[C@H](c2ccc(Cl)cc2)[C@@H](C)C(F)(F)F)c1)C1CC1. The summed E-state index contributed by atoms with van der Waals surface area (Å²) >= 11 is 12.1. The van der Waals surface area contributed by atoms with Crippen molar-refractivity contribution in [2.75, 3.05) is 12.4 Å². The molecule has 1 aliphatic rings. The number of hydrogen-bond donors (Lipinski definition) is 3. The number of methoxy groups -OCH3 is 1. The Kier molecular flexibility index (Phi) is 8.05. The molecule has 1 aliphatic carbocycles. The summed E-state index contributed by atoms with van der Waals surface area (Å²) in [5.41, 5.74) is 0.697. The van der Waals surface area contributed by atoms with Gasteiger partial charge in [-0.1, -0.05) is 48.3 Å². The van der Waals surface area contributed by atoms with Crippen LogP contribution in [-0.4, -0.2) is 35.5 Å². The third kappa shape index (κ3) is 7.78. The van der Waals surface area contributed by atoms with Gasteiger partial charge < -0.3 is 20.3 Å². The van der Waals surface area contributed by atoms with E-state index in [1.807, 2.05) is 0 Å². The second-order valence-corrected chi connectivity index (χ2v) is 8.59. The zero-order valence-corrected chi connectivity index (χ0v) is 19.3. The van der Waals surface area contributed by atoms with Crippen LogP contribution < -0.4 is 5.32 Å². The van der Waals surface area contributed by atoms with Crippen LogP contribution >= 0.6 is 23.2 Å². The summed E-state index contributed by atoms with van der Waals surface area (Å²) in [5, 5.41) is 16.9. The maximum absolute atomic E-state index is 13.6. The van der Waals surface area contributed by atoms with Crippen LogP contribution in [0.15, 0.2) is 42.5 Å². The molecule has 3 atom stereocenters. The molecule has 186 valence electrons. The molecule has 0 aromatic heterocycles. The zero-order valence-electron chi connectivity index (χ0n) is 20.8. The first-order valence-electron chi connectivity index (χ1n) is 11.5. The van der Waals surface area contributed by atoms with E-state index in [0.29, 0.717) is 10.6 Å². The summed E-state index contributed by atoms with van der Waals surface area (Å²) in [4.78, 5) is 21.6. The molecule has 6 nitrogen and oxygen atoms in total. The van der Waals surface area contributed by atoms with Gasteiger partial charge in [0.05, 0.1) is 32.8 Å². The third-order valence-electron chi connectivity index (χ3n) is 5.28. The largest absolute Gasteiger partial charge is 0.503 e. The summed E-state index contributed by atoms with van der Waals surface area (Å²) < 4.78 is 68.2. The van der Waals surface area contributed by atoms with E-state index in [1.54, 1.807) is 6.07 Å². The molecule has 11 heteroatoms. The fraction of sp³-hybridized carbons (Fsp3) is 0.391. The highest BCUT2D eigenvalue weighted by Crippen LogP contribution is 2.44. The molecular formula is C23H24Cl2F3NO5. The highest BCUT2D eigenvalue weighted by molar-refractivity contribution is 6.33. The molecule has 0 aliphatic heterocycles. The van der Waals surface area contributed by atoms with Gasteiger partial charge >= 0.3 is 12.3 Å². The normalized spacial score (nSPS) is 17.6. The lowest BCUT2D eigenvalue weighted by Crippen LogP contribution is -2.34. The fourth-order valence-corrected chi connectivity index (χ4v) is 3.68. The minimum atomic E-state index is -4.63. The van der Waals surface area contributed by atoms with Gasteiger partial charge in [0.25, 0.3) is 0 Å². The van der Waals surface area contributed by atoms with Gasteiger partial charge in [-0.2, -0.15) is 13.2 Å². The van der Waals surface area contributed by atoms with E-state index in [2.05, 4.69) is 5.32 Å². The number of halogens is 5. The molecule has 3 rings (SSSR count). The van der Waals surface area contributed by atoms with Gasteiger partial charge in [-0.25, -0.2) is 4.79 Å². The summed E-state index contributed by atoms with van der Waals surface area (Å²) in [6.45, 7) is 0.935. The van der Waals surface area contributed by atoms with Crippen LogP contribution in [0.2, 0.25) is 10.0 Å². The molecule has 2 aromatic rings. The van der Waals surface area contributed by atoms with E-state index in [0.717, 1.165) is 19.8 Å². The number of alkyl halides is 3. The molecule has 1 saturated carbocycles. The van der Waals surface area contributed by atoms with Crippen molar-refractivity contribution in [3.05, 3.63) is 63.6 Å². The monoisotopic (exact) mass is 524 g/mol. The van der Waals surface area contributed by atoms with Crippen molar-refractivity contribution in [3.63, 3.8) is 0 Å². The first-order valence-corrected chi connectivity index (χ1v) is 10.8. The van der Waals surface area contributed by atoms with Gasteiger partial charge in [0, 0.05) is 12.1 Å². The standard InChI is InChI=1S/C22H22Cl2F3NO2.CH2O3/c1-12(22(25,26)27)19(13-5-8-16(23)9-6-13)21(29)28-18-11-15(7-10-17(18)24)20(30-2)14-3-4-14;2-1(3)4/h5-12,14,19-20H,3-4H2,1-2H3,(H,28,29);(H2,2,3,4)/t12-,19+,20?;/m1./s1/i2D3;. The Morgan fingerprint density at radius 3 is 2.18 bits per heavy atom. The van der Waals surface area contributed by atoms with Crippen LogP contribution in [-0.2, 0) is 9.53 Å². The Morgan fingerprint density at radius 1 is 1.12 bits per heavy atom. The van der Waals surface area contributed by atoms with Crippen molar-refractivity contribution in [2.45, 2.75) is 38.0 Å². The van der Waals surface area contributed by atoms with Crippen LogP contribution in [0.3, 0.4) is 0 Å². The lowest BCUT2D eigenvalue weighted by Gasteiger charge is -2.26. The van der Waals surface area contributed by atoms with E-state index < -0.39 is 43.2 Å². The van der Waals surface area contributed by atoms with Gasteiger partial charge in [-0.05, 0) is 54.2 Å². The highest BCUT2D eigenvalue weighted by Gasteiger charge is 2.45. The van der Waals surface area contributed by atoms with Crippen molar-refractivity contribution in [2.24, 2.45) is 11.8 Å². The molecule has 2 aromatic carbocycles. The first-order chi connectivity index (χ1) is 17.0. The molecule has 34 heavy (non-hydrogen) atoms. The van der Waals surface area contributed by atoms with Crippen molar-refractivity contribution in [1.82, 2.24) is 0 Å². The quantitative estimate of drug-likeness (QED) is 0.354. The highest BCUT2D eigenvalue weighted by atomic mass is 35.5. The smallest absolute Gasteiger partial charge is 0.450 e. The zero-order chi connectivity index (χ0) is 28.1. The predicted octanol–water partition coefficient (Wildman–Crippen LogP) is 7.23. The Hall–Kier alpha value is -2.49. The van der Waals surface area contributed by atoms with Gasteiger partial charge in [0.1, 0.15) is 0 Å². The summed E-state index contributed by atoms with van der Waals surface area (Å²) in [7, 11) is -2.63. The van der Waals surface area contributed by atoms with E-state index >= 15 is 0 Å². The topological polar surface area (TPSA) is 95.9 Å². The number of carboxylic acid groups (broad SMARTS) is 2.